The first-order valence-electron chi connectivity index (χ1n) is 7.31. The van der Waals surface area contributed by atoms with E-state index >= 15 is 0 Å². The standard InChI is InChI=1S/C14H17ClN4O3S/c15-12-5-3-6-13(14(12)19-10-16-9-17-19)18-23(20,21)8-11-4-1-2-7-22-11/h3,5-6,9-11,18H,1-2,4,7-8H2. The molecule has 1 atom stereocenters. The van der Waals surface area contributed by atoms with Gasteiger partial charge in [-0.25, -0.2) is 18.1 Å². The Bertz CT molecular complexity index is 758. The van der Waals surface area contributed by atoms with E-state index in [2.05, 4.69) is 14.8 Å². The van der Waals surface area contributed by atoms with Crippen LogP contribution in [-0.2, 0) is 14.8 Å². The molecule has 0 amide bonds. The summed E-state index contributed by atoms with van der Waals surface area (Å²) in [5.74, 6) is -0.0731. The van der Waals surface area contributed by atoms with Gasteiger partial charge in [0.15, 0.2) is 0 Å². The number of benzene rings is 1. The van der Waals surface area contributed by atoms with Gasteiger partial charge in [0, 0.05) is 6.61 Å². The predicted molar refractivity (Wildman–Crippen MR) is 87.4 cm³/mol. The molecule has 0 bridgehead atoms. The van der Waals surface area contributed by atoms with Gasteiger partial charge in [0.25, 0.3) is 0 Å². The normalized spacial score (nSPS) is 18.7. The maximum absolute atomic E-state index is 12.4. The molecule has 9 heteroatoms. The van der Waals surface area contributed by atoms with E-state index in [-0.39, 0.29) is 11.9 Å². The number of hydrogen-bond acceptors (Lipinski definition) is 5. The van der Waals surface area contributed by atoms with Crippen LogP contribution in [-0.4, -0.2) is 41.6 Å². The third-order valence-corrected chi connectivity index (χ3v) is 5.23. The minimum absolute atomic E-state index is 0.0731. The highest BCUT2D eigenvalue weighted by Crippen LogP contribution is 2.28. The van der Waals surface area contributed by atoms with Crippen molar-refractivity contribution in [3.05, 3.63) is 35.9 Å². The highest BCUT2D eigenvalue weighted by atomic mass is 35.5. The first kappa shape index (κ1) is 16.2. The molecule has 1 aliphatic rings. The van der Waals surface area contributed by atoms with Crippen LogP contribution >= 0.6 is 11.6 Å². The number of aromatic nitrogens is 3. The van der Waals surface area contributed by atoms with Crippen LogP contribution in [0, 0.1) is 0 Å². The van der Waals surface area contributed by atoms with E-state index < -0.39 is 10.0 Å². The Morgan fingerprint density at radius 3 is 2.96 bits per heavy atom. The molecule has 1 unspecified atom stereocenters. The molecule has 124 valence electrons. The van der Waals surface area contributed by atoms with Crippen LogP contribution in [0.15, 0.2) is 30.9 Å². The van der Waals surface area contributed by atoms with Crippen molar-refractivity contribution in [1.29, 1.82) is 0 Å². The Morgan fingerprint density at radius 1 is 1.39 bits per heavy atom. The molecule has 7 nitrogen and oxygen atoms in total. The second kappa shape index (κ2) is 6.86. The summed E-state index contributed by atoms with van der Waals surface area (Å²) in [6.07, 6.45) is 5.28. The Kier molecular flexibility index (Phi) is 4.84. The number of halogens is 1. The first-order chi connectivity index (χ1) is 11.1. The molecule has 0 saturated carbocycles. The number of rotatable bonds is 5. The minimum atomic E-state index is -3.56. The molecular weight excluding hydrogens is 340 g/mol. The zero-order valence-corrected chi connectivity index (χ0v) is 13.9. The number of nitrogens with zero attached hydrogens (tertiary/aromatic N) is 3. The molecular formula is C14H17ClN4O3S. The highest BCUT2D eigenvalue weighted by Gasteiger charge is 2.23. The van der Waals surface area contributed by atoms with Crippen LogP contribution in [0.25, 0.3) is 5.69 Å². The monoisotopic (exact) mass is 356 g/mol. The molecule has 1 fully saturated rings. The number of sulfonamides is 1. The summed E-state index contributed by atoms with van der Waals surface area (Å²) in [5, 5.41) is 4.39. The number of para-hydroxylation sites is 1. The van der Waals surface area contributed by atoms with Crippen LogP contribution in [0.1, 0.15) is 19.3 Å². The van der Waals surface area contributed by atoms with Crippen molar-refractivity contribution in [3.63, 3.8) is 0 Å². The van der Waals surface area contributed by atoms with Crippen LogP contribution in [0.4, 0.5) is 5.69 Å². The van der Waals surface area contributed by atoms with Gasteiger partial charge in [-0.05, 0) is 31.4 Å². The fourth-order valence-electron chi connectivity index (χ4n) is 2.55. The van der Waals surface area contributed by atoms with Gasteiger partial charge in [0.2, 0.25) is 10.0 Å². The maximum Gasteiger partial charge on any atom is 0.235 e. The van der Waals surface area contributed by atoms with Crippen LogP contribution in [0.3, 0.4) is 0 Å². The molecule has 2 aromatic rings. The third-order valence-electron chi connectivity index (χ3n) is 3.58. The molecule has 1 saturated heterocycles. The molecule has 0 spiro atoms. The number of nitrogens with one attached hydrogen (secondary N) is 1. The molecule has 0 aliphatic carbocycles. The topological polar surface area (TPSA) is 86.1 Å². The number of anilines is 1. The average Bonchev–Trinajstić information content (AvgIpc) is 3.01. The van der Waals surface area contributed by atoms with Gasteiger partial charge in [-0.1, -0.05) is 17.7 Å². The molecule has 1 N–H and O–H groups in total. The smallest absolute Gasteiger partial charge is 0.235 e. The van der Waals surface area contributed by atoms with Crippen molar-refractivity contribution in [1.82, 2.24) is 14.8 Å². The van der Waals surface area contributed by atoms with E-state index in [0.29, 0.717) is 23.0 Å². The highest BCUT2D eigenvalue weighted by molar-refractivity contribution is 7.92. The summed E-state index contributed by atoms with van der Waals surface area (Å²) in [6.45, 7) is 0.613. The average molecular weight is 357 g/mol. The minimum Gasteiger partial charge on any atom is -0.377 e. The molecule has 2 heterocycles. The Hall–Kier alpha value is -1.64. The quantitative estimate of drug-likeness (QED) is 0.887. The van der Waals surface area contributed by atoms with E-state index in [9.17, 15) is 8.42 Å². The van der Waals surface area contributed by atoms with E-state index in [1.54, 1.807) is 18.2 Å². The number of hydrogen-bond donors (Lipinski definition) is 1. The summed E-state index contributed by atoms with van der Waals surface area (Å²) in [4.78, 5) is 3.87. The van der Waals surface area contributed by atoms with Crippen molar-refractivity contribution in [2.24, 2.45) is 0 Å². The van der Waals surface area contributed by atoms with E-state index in [1.165, 1.54) is 17.3 Å². The van der Waals surface area contributed by atoms with Crippen molar-refractivity contribution in [3.8, 4) is 5.69 Å². The maximum atomic E-state index is 12.4. The fraction of sp³-hybridized carbons (Fsp3) is 0.429. The van der Waals surface area contributed by atoms with Gasteiger partial charge in [-0.3, -0.25) is 4.72 Å². The second-order valence-electron chi connectivity index (χ2n) is 5.35. The van der Waals surface area contributed by atoms with Gasteiger partial charge in [0.1, 0.15) is 18.3 Å². The van der Waals surface area contributed by atoms with Gasteiger partial charge < -0.3 is 4.74 Å². The van der Waals surface area contributed by atoms with Gasteiger partial charge >= 0.3 is 0 Å². The number of ether oxygens (including phenoxy) is 1. The molecule has 0 radical (unpaired) electrons. The zero-order chi connectivity index (χ0) is 16.3. The van der Waals surface area contributed by atoms with Crippen molar-refractivity contribution >= 4 is 27.3 Å². The lowest BCUT2D eigenvalue weighted by atomic mass is 10.1. The lowest BCUT2D eigenvalue weighted by Crippen LogP contribution is -2.31. The summed E-state index contributed by atoms with van der Waals surface area (Å²) < 4.78 is 34.4. The van der Waals surface area contributed by atoms with Gasteiger partial charge in [0.05, 0.1) is 22.6 Å². The summed E-state index contributed by atoms with van der Waals surface area (Å²) in [5.41, 5.74) is 0.804. The van der Waals surface area contributed by atoms with Crippen LogP contribution in [0.2, 0.25) is 5.02 Å². The van der Waals surface area contributed by atoms with Crippen molar-refractivity contribution in [2.45, 2.75) is 25.4 Å². The van der Waals surface area contributed by atoms with Crippen molar-refractivity contribution in [2.75, 3.05) is 17.1 Å². The molecule has 1 aromatic heterocycles. The summed E-state index contributed by atoms with van der Waals surface area (Å²) in [7, 11) is -3.56. The summed E-state index contributed by atoms with van der Waals surface area (Å²) >= 11 is 6.19. The lowest BCUT2D eigenvalue weighted by Gasteiger charge is -2.23. The second-order valence-corrected chi connectivity index (χ2v) is 7.52. The van der Waals surface area contributed by atoms with Gasteiger partial charge in [-0.15, -0.1) is 0 Å². The molecule has 23 heavy (non-hydrogen) atoms. The molecule has 1 aliphatic heterocycles. The fourth-order valence-corrected chi connectivity index (χ4v) is 4.14. The Balaban J connectivity index is 1.83. The molecule has 3 rings (SSSR count). The van der Waals surface area contributed by atoms with Crippen molar-refractivity contribution < 1.29 is 13.2 Å². The van der Waals surface area contributed by atoms with E-state index in [1.807, 2.05) is 0 Å². The Labute approximate surface area is 139 Å². The largest absolute Gasteiger partial charge is 0.377 e. The van der Waals surface area contributed by atoms with Crippen LogP contribution < -0.4 is 4.72 Å². The third kappa shape index (κ3) is 4.01. The Morgan fingerprint density at radius 2 is 2.26 bits per heavy atom. The predicted octanol–water partition coefficient (Wildman–Crippen LogP) is 2.23. The van der Waals surface area contributed by atoms with Crippen LogP contribution in [0.5, 0.6) is 0 Å². The van der Waals surface area contributed by atoms with Gasteiger partial charge in [-0.2, -0.15) is 5.10 Å². The molecule has 1 aromatic carbocycles. The zero-order valence-electron chi connectivity index (χ0n) is 12.4. The first-order valence-corrected chi connectivity index (χ1v) is 9.34. The SMILES string of the molecule is O=S(=O)(CC1CCCCO1)Nc1cccc(Cl)c1-n1cncn1. The van der Waals surface area contributed by atoms with E-state index in [0.717, 1.165) is 19.3 Å². The van der Waals surface area contributed by atoms with E-state index in [4.69, 9.17) is 16.3 Å². The lowest BCUT2D eigenvalue weighted by molar-refractivity contribution is 0.0306. The summed E-state index contributed by atoms with van der Waals surface area (Å²) in [6, 6.07) is 4.99.